The van der Waals surface area contributed by atoms with Crippen LogP contribution < -0.4 is 4.74 Å². The summed E-state index contributed by atoms with van der Waals surface area (Å²) in [6.07, 6.45) is -3.19. The molecule has 0 saturated heterocycles. The Kier molecular flexibility index (Phi) is 3.88. The molecular weight excluding hydrogens is 352 g/mol. The number of aliphatic hydroxyl groups is 3. The average Bonchev–Trinajstić information content (AvgIpc) is 2.67. The number of rotatable bonds is 2. The van der Waals surface area contributed by atoms with Crippen molar-refractivity contribution in [2.24, 2.45) is 0 Å². The highest BCUT2D eigenvalue weighted by Gasteiger charge is 2.45. The van der Waals surface area contributed by atoms with Crippen molar-refractivity contribution in [1.82, 2.24) is 0 Å². The fraction of sp³-hybridized carbons (Fsp3) is 0.200. The first kappa shape index (κ1) is 17.4. The Bertz CT molecular complexity index is 1030. The van der Waals surface area contributed by atoms with Gasteiger partial charge in [-0.25, -0.2) is 0 Å². The summed E-state index contributed by atoms with van der Waals surface area (Å²) in [6.45, 7) is -0.400. The van der Waals surface area contributed by atoms with E-state index in [9.17, 15) is 30.0 Å². The predicted molar refractivity (Wildman–Crippen MR) is 93.6 cm³/mol. The maximum Gasteiger partial charge on any atom is 0.196 e. The average molecular weight is 368 g/mol. The number of Topliss-reactive ketones (excluding diaryl/α,β-unsaturated/α-hetero) is 2. The molecule has 0 unspecified atom stereocenters. The number of fused-ring (bicyclic) bond motifs is 3. The second-order valence-corrected chi connectivity index (χ2v) is 6.46. The number of phenols is 1. The monoisotopic (exact) mass is 368 g/mol. The number of phenolic OH excluding ortho intramolecular Hbond substituents is 1. The van der Waals surface area contributed by atoms with E-state index in [2.05, 4.69) is 0 Å². The van der Waals surface area contributed by atoms with Crippen LogP contribution in [0, 0.1) is 0 Å². The normalized spacial score (nSPS) is 20.9. The summed E-state index contributed by atoms with van der Waals surface area (Å²) in [6, 6.07) is 7.22. The quantitative estimate of drug-likeness (QED) is 0.626. The number of hydrogen-bond donors (Lipinski definition) is 4. The second-order valence-electron chi connectivity index (χ2n) is 6.46. The third-order valence-electron chi connectivity index (χ3n) is 5.01. The molecule has 138 valence electrons. The van der Waals surface area contributed by atoms with Gasteiger partial charge in [0.1, 0.15) is 23.7 Å². The lowest BCUT2D eigenvalue weighted by Crippen LogP contribution is -2.36. The zero-order valence-electron chi connectivity index (χ0n) is 14.3. The Labute approximate surface area is 153 Å². The third-order valence-corrected chi connectivity index (χ3v) is 5.01. The van der Waals surface area contributed by atoms with Crippen molar-refractivity contribution >= 4 is 17.1 Å². The number of carbonyl (C=O) groups excluding carboxylic acids is 2. The molecule has 0 aromatic heterocycles. The van der Waals surface area contributed by atoms with Crippen molar-refractivity contribution in [2.45, 2.75) is 18.8 Å². The first-order valence-electron chi connectivity index (χ1n) is 8.24. The Balaban J connectivity index is 2.06. The van der Waals surface area contributed by atoms with E-state index in [0.29, 0.717) is 5.56 Å². The molecule has 2 aromatic carbocycles. The van der Waals surface area contributed by atoms with Gasteiger partial charge in [0.25, 0.3) is 0 Å². The molecule has 0 fully saturated rings. The van der Waals surface area contributed by atoms with Gasteiger partial charge < -0.3 is 25.2 Å². The molecule has 2 atom stereocenters. The number of aromatic hydroxyl groups is 1. The summed E-state index contributed by atoms with van der Waals surface area (Å²) < 4.78 is 5.18. The first-order chi connectivity index (χ1) is 12.9. The summed E-state index contributed by atoms with van der Waals surface area (Å²) in [7, 11) is 1.36. The molecular formula is C20H16O7. The topological polar surface area (TPSA) is 124 Å². The van der Waals surface area contributed by atoms with Crippen LogP contribution in [-0.2, 0) is 6.61 Å². The molecule has 0 aliphatic heterocycles. The first-order valence-corrected chi connectivity index (χ1v) is 8.24. The standard InChI is InChI=1S/C20H16O7/c1-27-12-4-2-3-9-14(12)19(25)16-15(17(9)23)13-10(18(24)20(16)26)5-8(7-21)6-11(13)22/h2-6,18,20-22,24,26H,7H2,1H3/t18-,20+/m1/s1. The van der Waals surface area contributed by atoms with Crippen molar-refractivity contribution in [2.75, 3.05) is 7.11 Å². The number of methoxy groups -OCH3 is 1. The SMILES string of the molecule is COc1cccc2c1C(=O)C1=C(C2=O)c2c(O)cc(CO)cc2[C@@H](O)[C@H]1O. The lowest BCUT2D eigenvalue weighted by Gasteiger charge is -2.34. The Morgan fingerprint density at radius 2 is 1.78 bits per heavy atom. The Morgan fingerprint density at radius 1 is 1.04 bits per heavy atom. The number of hydrogen-bond acceptors (Lipinski definition) is 7. The molecule has 2 aliphatic carbocycles. The van der Waals surface area contributed by atoms with Crippen molar-refractivity contribution in [3.63, 3.8) is 0 Å². The van der Waals surface area contributed by atoms with Crippen LogP contribution in [0.15, 0.2) is 35.9 Å². The molecule has 4 rings (SSSR count). The van der Waals surface area contributed by atoms with E-state index in [4.69, 9.17) is 4.74 Å². The fourth-order valence-corrected chi connectivity index (χ4v) is 3.79. The Hall–Kier alpha value is -3.00. The molecule has 0 amide bonds. The van der Waals surface area contributed by atoms with E-state index in [1.54, 1.807) is 6.07 Å². The zero-order valence-corrected chi connectivity index (χ0v) is 14.3. The van der Waals surface area contributed by atoms with E-state index in [0.717, 1.165) is 0 Å². The lowest BCUT2D eigenvalue weighted by molar-refractivity contribution is 0.0362. The van der Waals surface area contributed by atoms with E-state index in [1.165, 1.54) is 31.4 Å². The molecule has 7 nitrogen and oxygen atoms in total. The van der Waals surface area contributed by atoms with Gasteiger partial charge in [0.05, 0.1) is 19.3 Å². The van der Waals surface area contributed by atoms with Crippen molar-refractivity contribution in [3.8, 4) is 11.5 Å². The van der Waals surface area contributed by atoms with Gasteiger partial charge in [-0.1, -0.05) is 12.1 Å². The van der Waals surface area contributed by atoms with E-state index in [-0.39, 0.29) is 44.9 Å². The molecule has 2 aliphatic rings. The highest BCUT2D eigenvalue weighted by atomic mass is 16.5. The van der Waals surface area contributed by atoms with Crippen LogP contribution >= 0.6 is 0 Å². The number of carbonyl (C=O) groups is 2. The maximum atomic E-state index is 13.2. The zero-order chi connectivity index (χ0) is 19.5. The molecule has 0 spiro atoms. The van der Waals surface area contributed by atoms with Crippen LogP contribution in [-0.4, -0.2) is 45.2 Å². The largest absolute Gasteiger partial charge is 0.507 e. The minimum absolute atomic E-state index is 0.00757. The number of benzene rings is 2. The molecule has 2 aromatic rings. The molecule has 7 heteroatoms. The van der Waals surface area contributed by atoms with Crippen LogP contribution in [0.4, 0.5) is 0 Å². The molecule has 27 heavy (non-hydrogen) atoms. The second kappa shape index (κ2) is 6.02. The number of aliphatic hydroxyl groups excluding tert-OH is 3. The maximum absolute atomic E-state index is 13.2. The molecule has 0 saturated carbocycles. The fourth-order valence-electron chi connectivity index (χ4n) is 3.79. The van der Waals surface area contributed by atoms with Gasteiger partial charge in [-0.15, -0.1) is 0 Å². The summed E-state index contributed by atoms with van der Waals surface area (Å²) in [5.41, 5.74) is 0.0746. The lowest BCUT2D eigenvalue weighted by atomic mass is 9.71. The van der Waals surface area contributed by atoms with Gasteiger partial charge in [-0.05, 0) is 29.3 Å². The van der Waals surface area contributed by atoms with Crippen molar-refractivity contribution in [1.29, 1.82) is 0 Å². The van der Waals surface area contributed by atoms with Crippen LogP contribution in [0.2, 0.25) is 0 Å². The van der Waals surface area contributed by atoms with Gasteiger partial charge in [-0.2, -0.15) is 0 Å². The van der Waals surface area contributed by atoms with Crippen molar-refractivity contribution in [3.05, 3.63) is 63.7 Å². The van der Waals surface area contributed by atoms with Gasteiger partial charge in [0, 0.05) is 22.3 Å². The van der Waals surface area contributed by atoms with E-state index < -0.39 is 30.4 Å². The summed E-state index contributed by atoms with van der Waals surface area (Å²) in [5.74, 6) is -1.37. The van der Waals surface area contributed by atoms with Gasteiger partial charge in [0.2, 0.25) is 0 Å². The highest BCUT2D eigenvalue weighted by molar-refractivity contribution is 6.42. The van der Waals surface area contributed by atoms with E-state index in [1.807, 2.05) is 0 Å². The smallest absolute Gasteiger partial charge is 0.196 e. The summed E-state index contributed by atoms with van der Waals surface area (Å²) in [5, 5.41) is 40.9. The van der Waals surface area contributed by atoms with Gasteiger partial charge in [0.15, 0.2) is 11.6 Å². The highest BCUT2D eigenvalue weighted by Crippen LogP contribution is 2.48. The summed E-state index contributed by atoms with van der Waals surface area (Å²) >= 11 is 0. The van der Waals surface area contributed by atoms with Crippen LogP contribution in [0.3, 0.4) is 0 Å². The third kappa shape index (κ3) is 2.26. The molecule has 0 heterocycles. The molecule has 0 bridgehead atoms. The number of ketones is 2. The molecule has 4 N–H and O–H groups in total. The minimum atomic E-state index is -1.66. The van der Waals surface area contributed by atoms with Gasteiger partial charge in [-0.3, -0.25) is 9.59 Å². The molecule has 0 radical (unpaired) electrons. The van der Waals surface area contributed by atoms with E-state index >= 15 is 0 Å². The number of ether oxygens (including phenoxy) is 1. The predicted octanol–water partition coefficient (Wildman–Crippen LogP) is 1.13. The minimum Gasteiger partial charge on any atom is -0.507 e. The van der Waals surface area contributed by atoms with Crippen LogP contribution in [0.1, 0.15) is 43.5 Å². The van der Waals surface area contributed by atoms with Crippen LogP contribution in [0.25, 0.3) is 5.57 Å². The van der Waals surface area contributed by atoms with Gasteiger partial charge >= 0.3 is 0 Å². The summed E-state index contributed by atoms with van der Waals surface area (Å²) in [4.78, 5) is 26.3. The van der Waals surface area contributed by atoms with Crippen LogP contribution in [0.5, 0.6) is 11.5 Å². The number of allylic oxidation sites excluding steroid dienone is 1. The Morgan fingerprint density at radius 3 is 2.44 bits per heavy atom. The van der Waals surface area contributed by atoms with Crippen molar-refractivity contribution < 1.29 is 34.8 Å².